The molecule has 2 heteroatoms. The van der Waals surface area contributed by atoms with Crippen LogP contribution in [0, 0.1) is 5.92 Å². The molecule has 0 aromatic carbocycles. The molecule has 0 bridgehead atoms. The number of carbonyl (C=O) groups excluding carboxylic acids is 1. The summed E-state index contributed by atoms with van der Waals surface area (Å²) in [6, 6.07) is 0. The van der Waals surface area contributed by atoms with E-state index in [9.17, 15) is 4.79 Å². The van der Waals surface area contributed by atoms with Crippen molar-refractivity contribution < 1.29 is 4.79 Å². The predicted molar refractivity (Wildman–Crippen MR) is 110 cm³/mol. The molecule has 1 rings (SSSR count). The first kappa shape index (κ1) is 22.3. The summed E-state index contributed by atoms with van der Waals surface area (Å²) in [4.78, 5) is 11.4. The summed E-state index contributed by atoms with van der Waals surface area (Å²) >= 11 is 0. The normalized spacial score (nSPS) is 17.5. The van der Waals surface area contributed by atoms with E-state index in [1.807, 2.05) is 0 Å². The molecule has 1 aliphatic rings. The Balaban J connectivity index is 1.89. The van der Waals surface area contributed by atoms with Crippen molar-refractivity contribution in [2.24, 2.45) is 5.92 Å². The summed E-state index contributed by atoms with van der Waals surface area (Å²) in [7, 11) is 1.74. The molecular formula is C23H43NO. The van der Waals surface area contributed by atoms with E-state index in [2.05, 4.69) is 18.3 Å². The van der Waals surface area contributed by atoms with Crippen molar-refractivity contribution in [3.05, 3.63) is 11.6 Å². The van der Waals surface area contributed by atoms with Gasteiger partial charge in [0.05, 0.1) is 0 Å². The van der Waals surface area contributed by atoms with Gasteiger partial charge in [-0.15, -0.1) is 0 Å². The number of hydrogen-bond acceptors (Lipinski definition) is 1. The lowest BCUT2D eigenvalue weighted by Crippen LogP contribution is -2.22. The predicted octanol–water partition coefficient (Wildman–Crippen LogP) is 6.94. The third-order valence-electron chi connectivity index (χ3n) is 5.74. The highest BCUT2D eigenvalue weighted by Crippen LogP contribution is 2.30. The van der Waals surface area contributed by atoms with Crippen LogP contribution in [-0.4, -0.2) is 13.0 Å². The van der Waals surface area contributed by atoms with Gasteiger partial charge in [-0.3, -0.25) is 4.79 Å². The van der Waals surface area contributed by atoms with Crippen LogP contribution < -0.4 is 5.32 Å². The van der Waals surface area contributed by atoms with Crippen molar-refractivity contribution in [3.8, 4) is 0 Å². The molecule has 0 atom stereocenters. The van der Waals surface area contributed by atoms with Gasteiger partial charge >= 0.3 is 0 Å². The largest absolute Gasteiger partial charge is 0.359 e. The second-order valence-electron chi connectivity index (χ2n) is 8.01. The van der Waals surface area contributed by atoms with E-state index >= 15 is 0 Å². The van der Waals surface area contributed by atoms with Gasteiger partial charge in [0.15, 0.2) is 0 Å². The second kappa shape index (κ2) is 15.5. The van der Waals surface area contributed by atoms with E-state index in [4.69, 9.17) is 0 Å². The van der Waals surface area contributed by atoms with Crippen LogP contribution in [0.15, 0.2) is 11.6 Å². The van der Waals surface area contributed by atoms with Gasteiger partial charge in [-0.05, 0) is 44.4 Å². The monoisotopic (exact) mass is 349 g/mol. The van der Waals surface area contributed by atoms with Crippen LogP contribution >= 0.6 is 0 Å². The number of allylic oxidation sites excluding steroid dienone is 2. The van der Waals surface area contributed by atoms with Crippen LogP contribution in [0.2, 0.25) is 0 Å². The molecule has 0 spiro atoms. The SMILES string of the molecule is CCCCCCCCCCCCCC=C1CCC(CC(=O)NC)CC1. The van der Waals surface area contributed by atoms with Crippen LogP contribution in [0.25, 0.3) is 0 Å². The fourth-order valence-corrected chi connectivity index (χ4v) is 3.94. The summed E-state index contributed by atoms with van der Waals surface area (Å²) in [6.45, 7) is 2.29. The molecule has 0 aliphatic heterocycles. The van der Waals surface area contributed by atoms with E-state index in [0.29, 0.717) is 5.92 Å². The molecule has 1 aliphatic carbocycles. The number of hydrogen-bond donors (Lipinski definition) is 1. The summed E-state index contributed by atoms with van der Waals surface area (Å²) in [5.41, 5.74) is 1.65. The average Bonchev–Trinajstić information content (AvgIpc) is 2.64. The zero-order valence-electron chi connectivity index (χ0n) is 17.1. The zero-order chi connectivity index (χ0) is 18.2. The highest BCUT2D eigenvalue weighted by Gasteiger charge is 2.18. The molecule has 0 aromatic heterocycles. The van der Waals surface area contributed by atoms with E-state index in [0.717, 1.165) is 6.42 Å². The highest BCUT2D eigenvalue weighted by atomic mass is 16.1. The van der Waals surface area contributed by atoms with E-state index < -0.39 is 0 Å². The topological polar surface area (TPSA) is 29.1 Å². The van der Waals surface area contributed by atoms with Gasteiger partial charge in [-0.2, -0.15) is 0 Å². The lowest BCUT2D eigenvalue weighted by atomic mass is 9.83. The molecule has 1 amide bonds. The standard InChI is InChI=1S/C23H43NO/c1-3-4-5-6-7-8-9-10-11-12-13-14-15-21-16-18-22(19-17-21)20-23(25)24-2/h15,22H,3-14,16-20H2,1-2H3,(H,24,25). The minimum Gasteiger partial charge on any atom is -0.359 e. The van der Waals surface area contributed by atoms with Crippen molar-refractivity contribution in [2.75, 3.05) is 7.05 Å². The minimum atomic E-state index is 0.207. The molecular weight excluding hydrogens is 306 g/mol. The molecule has 25 heavy (non-hydrogen) atoms. The van der Waals surface area contributed by atoms with Crippen LogP contribution in [-0.2, 0) is 4.79 Å². The molecule has 0 heterocycles. The maximum Gasteiger partial charge on any atom is 0.220 e. The summed E-state index contributed by atoms with van der Waals surface area (Å²) in [6.07, 6.45) is 25.0. The van der Waals surface area contributed by atoms with Crippen LogP contribution in [0.5, 0.6) is 0 Å². The van der Waals surface area contributed by atoms with Gasteiger partial charge in [-0.25, -0.2) is 0 Å². The zero-order valence-corrected chi connectivity index (χ0v) is 17.1. The average molecular weight is 350 g/mol. The van der Waals surface area contributed by atoms with Crippen molar-refractivity contribution in [1.82, 2.24) is 5.32 Å². The fourth-order valence-electron chi connectivity index (χ4n) is 3.94. The molecule has 0 radical (unpaired) electrons. The summed E-state index contributed by atoms with van der Waals surface area (Å²) < 4.78 is 0. The number of amides is 1. The van der Waals surface area contributed by atoms with Gasteiger partial charge in [0.1, 0.15) is 0 Å². The van der Waals surface area contributed by atoms with E-state index in [-0.39, 0.29) is 5.91 Å². The van der Waals surface area contributed by atoms with Crippen molar-refractivity contribution in [2.45, 2.75) is 116 Å². The van der Waals surface area contributed by atoms with Gasteiger partial charge in [0, 0.05) is 13.5 Å². The minimum absolute atomic E-state index is 0.207. The lowest BCUT2D eigenvalue weighted by molar-refractivity contribution is -0.121. The molecule has 1 saturated carbocycles. The van der Waals surface area contributed by atoms with Gasteiger partial charge in [-0.1, -0.05) is 82.8 Å². The van der Waals surface area contributed by atoms with Crippen LogP contribution in [0.1, 0.15) is 116 Å². The fraction of sp³-hybridized carbons (Fsp3) is 0.870. The molecule has 146 valence electrons. The Labute approximate surface area is 157 Å². The number of rotatable bonds is 14. The maximum atomic E-state index is 11.4. The molecule has 0 saturated heterocycles. The molecule has 2 nitrogen and oxygen atoms in total. The molecule has 0 aromatic rings. The smallest absolute Gasteiger partial charge is 0.220 e. The third-order valence-corrected chi connectivity index (χ3v) is 5.74. The first-order chi connectivity index (χ1) is 12.3. The summed E-state index contributed by atoms with van der Waals surface area (Å²) in [5.74, 6) is 0.817. The number of unbranched alkanes of at least 4 members (excludes halogenated alkanes) is 11. The first-order valence-electron chi connectivity index (χ1n) is 11.1. The second-order valence-corrected chi connectivity index (χ2v) is 8.01. The van der Waals surface area contributed by atoms with Gasteiger partial charge in [0.25, 0.3) is 0 Å². The molecule has 1 N–H and O–H groups in total. The maximum absolute atomic E-state index is 11.4. The Morgan fingerprint density at radius 1 is 0.920 bits per heavy atom. The molecule has 1 fully saturated rings. The van der Waals surface area contributed by atoms with E-state index in [1.54, 1.807) is 12.6 Å². The Hall–Kier alpha value is -0.790. The Bertz CT molecular complexity index is 351. The Morgan fingerprint density at radius 2 is 1.44 bits per heavy atom. The highest BCUT2D eigenvalue weighted by molar-refractivity contribution is 5.75. The summed E-state index contributed by atoms with van der Waals surface area (Å²) in [5, 5.41) is 2.75. The van der Waals surface area contributed by atoms with E-state index in [1.165, 1.54) is 103 Å². The quantitative estimate of drug-likeness (QED) is 0.267. The Kier molecular flexibility index (Phi) is 13.8. The van der Waals surface area contributed by atoms with Crippen LogP contribution in [0.4, 0.5) is 0 Å². The van der Waals surface area contributed by atoms with Crippen molar-refractivity contribution in [3.63, 3.8) is 0 Å². The van der Waals surface area contributed by atoms with Crippen molar-refractivity contribution in [1.29, 1.82) is 0 Å². The molecule has 0 unspecified atom stereocenters. The number of nitrogens with one attached hydrogen (secondary N) is 1. The van der Waals surface area contributed by atoms with Crippen molar-refractivity contribution >= 4 is 5.91 Å². The third kappa shape index (κ3) is 12.2. The lowest BCUT2D eigenvalue weighted by Gasteiger charge is -2.23. The first-order valence-corrected chi connectivity index (χ1v) is 11.1. The van der Waals surface area contributed by atoms with Gasteiger partial charge in [0.2, 0.25) is 5.91 Å². The number of carbonyl (C=O) groups is 1. The Morgan fingerprint density at radius 3 is 1.96 bits per heavy atom. The van der Waals surface area contributed by atoms with Gasteiger partial charge < -0.3 is 5.32 Å². The van der Waals surface area contributed by atoms with Crippen LogP contribution in [0.3, 0.4) is 0 Å².